The molecule has 0 aliphatic rings. The van der Waals surface area contributed by atoms with Gasteiger partial charge < -0.3 is 5.32 Å². The van der Waals surface area contributed by atoms with Gasteiger partial charge in [-0.3, -0.25) is 10.2 Å². The second-order valence-corrected chi connectivity index (χ2v) is 3.85. The number of carbonyl (C=O) groups is 2. The summed E-state index contributed by atoms with van der Waals surface area (Å²) < 4.78 is 0. The third kappa shape index (κ3) is 4.93. The van der Waals surface area contributed by atoms with Crippen LogP contribution >= 0.6 is 23.2 Å². The number of benzene rings is 1. The summed E-state index contributed by atoms with van der Waals surface area (Å²) in [7, 11) is 0. The fourth-order valence-electron chi connectivity index (χ4n) is 0.992. The molecule has 17 heavy (non-hydrogen) atoms. The van der Waals surface area contributed by atoms with Crippen LogP contribution in [0.3, 0.4) is 0 Å². The fraction of sp³-hybridized carbons (Fsp3) is 0.200. The number of rotatable bonds is 3. The van der Waals surface area contributed by atoms with Crippen LogP contribution in [0.15, 0.2) is 24.3 Å². The van der Waals surface area contributed by atoms with E-state index < -0.39 is 11.9 Å². The van der Waals surface area contributed by atoms with Crippen molar-refractivity contribution >= 4 is 35.1 Å². The molecule has 0 aromatic heterocycles. The van der Waals surface area contributed by atoms with E-state index in [0.29, 0.717) is 23.0 Å². The van der Waals surface area contributed by atoms with E-state index in [0.717, 1.165) is 0 Å². The fourth-order valence-corrected chi connectivity index (χ4v) is 1.21. The zero-order chi connectivity index (χ0) is 12.7. The van der Waals surface area contributed by atoms with Gasteiger partial charge in [0.05, 0.1) is 0 Å². The molecule has 0 unspecified atom stereocenters. The highest BCUT2D eigenvalue weighted by atomic mass is 35.5. The van der Waals surface area contributed by atoms with Gasteiger partial charge in [0.25, 0.3) is 5.91 Å². The molecular weight excluding hydrogens is 265 g/mol. The van der Waals surface area contributed by atoms with E-state index in [-0.39, 0.29) is 0 Å². The third-order valence-electron chi connectivity index (χ3n) is 1.78. The lowest BCUT2D eigenvalue weighted by atomic mass is 10.2. The molecule has 0 spiro atoms. The normalized spacial score (nSPS) is 9.53. The van der Waals surface area contributed by atoms with Crippen LogP contribution in [-0.4, -0.2) is 24.4 Å². The Bertz CT molecular complexity index is 395. The van der Waals surface area contributed by atoms with E-state index in [4.69, 9.17) is 23.2 Å². The number of hydrazine groups is 1. The van der Waals surface area contributed by atoms with Gasteiger partial charge in [0, 0.05) is 23.0 Å². The van der Waals surface area contributed by atoms with Crippen LogP contribution < -0.4 is 16.2 Å². The lowest BCUT2D eigenvalue weighted by molar-refractivity contribution is 0.0936. The lowest BCUT2D eigenvalue weighted by Crippen LogP contribution is -2.47. The molecule has 0 aliphatic carbocycles. The van der Waals surface area contributed by atoms with Gasteiger partial charge in [0.15, 0.2) is 0 Å². The lowest BCUT2D eigenvalue weighted by Gasteiger charge is -2.07. The van der Waals surface area contributed by atoms with Crippen molar-refractivity contribution in [2.45, 2.75) is 0 Å². The van der Waals surface area contributed by atoms with Gasteiger partial charge in [-0.2, -0.15) is 0 Å². The minimum absolute atomic E-state index is 0.304. The van der Waals surface area contributed by atoms with Crippen molar-refractivity contribution in [2.75, 3.05) is 12.4 Å². The molecule has 3 N–H and O–H groups in total. The summed E-state index contributed by atoms with van der Waals surface area (Å²) in [5, 5.41) is 2.97. The maximum atomic E-state index is 11.5. The number of hydrogen-bond donors (Lipinski definition) is 3. The van der Waals surface area contributed by atoms with Crippen LogP contribution in [-0.2, 0) is 0 Å². The molecule has 0 saturated carbocycles. The van der Waals surface area contributed by atoms with Crippen LogP contribution in [0.1, 0.15) is 10.4 Å². The van der Waals surface area contributed by atoms with Crippen molar-refractivity contribution in [3.63, 3.8) is 0 Å². The average molecular weight is 276 g/mol. The highest BCUT2D eigenvalue weighted by molar-refractivity contribution is 6.30. The first-order valence-electron chi connectivity index (χ1n) is 4.79. The first-order valence-corrected chi connectivity index (χ1v) is 5.70. The van der Waals surface area contributed by atoms with Gasteiger partial charge in [-0.05, 0) is 24.3 Å². The predicted molar refractivity (Wildman–Crippen MR) is 66.2 cm³/mol. The number of nitrogens with one attached hydrogen (secondary N) is 3. The highest BCUT2D eigenvalue weighted by Crippen LogP contribution is 2.08. The summed E-state index contributed by atoms with van der Waals surface area (Å²) in [4.78, 5) is 22.6. The van der Waals surface area contributed by atoms with Gasteiger partial charge in [-0.1, -0.05) is 11.6 Å². The number of carbonyl (C=O) groups excluding carboxylic acids is 2. The van der Waals surface area contributed by atoms with Gasteiger partial charge in [-0.25, -0.2) is 10.2 Å². The van der Waals surface area contributed by atoms with E-state index in [2.05, 4.69) is 16.2 Å². The Labute approximate surface area is 108 Å². The molecular formula is C10H11Cl2N3O2. The Morgan fingerprint density at radius 1 is 1.12 bits per heavy atom. The number of amides is 3. The molecule has 3 amide bonds. The minimum atomic E-state index is -0.520. The van der Waals surface area contributed by atoms with E-state index >= 15 is 0 Å². The average Bonchev–Trinajstić information content (AvgIpc) is 2.34. The van der Waals surface area contributed by atoms with Gasteiger partial charge in [0.1, 0.15) is 0 Å². The van der Waals surface area contributed by atoms with E-state index in [1.165, 1.54) is 0 Å². The molecule has 7 heteroatoms. The summed E-state index contributed by atoms with van der Waals surface area (Å²) in [6, 6.07) is 5.76. The smallest absolute Gasteiger partial charge is 0.333 e. The quantitative estimate of drug-likeness (QED) is 0.578. The Morgan fingerprint density at radius 2 is 1.76 bits per heavy atom. The summed E-state index contributed by atoms with van der Waals surface area (Å²) in [5.74, 6) is -0.124. The van der Waals surface area contributed by atoms with Gasteiger partial charge >= 0.3 is 6.03 Å². The van der Waals surface area contributed by atoms with Crippen molar-refractivity contribution in [1.82, 2.24) is 16.2 Å². The maximum absolute atomic E-state index is 11.5. The molecule has 0 fully saturated rings. The minimum Gasteiger partial charge on any atom is -0.336 e. The molecule has 0 radical (unpaired) electrons. The van der Waals surface area contributed by atoms with Crippen LogP contribution in [0.4, 0.5) is 4.79 Å². The molecule has 0 saturated heterocycles. The number of alkyl halides is 1. The zero-order valence-corrected chi connectivity index (χ0v) is 10.3. The standard InChI is InChI=1S/C10H11Cl2N3O2/c11-5-6-13-10(17)15-14-9(16)7-1-3-8(12)4-2-7/h1-4H,5-6H2,(H,14,16)(H2,13,15,17). The first kappa shape index (κ1) is 13.6. The van der Waals surface area contributed by atoms with Crippen LogP contribution in [0.2, 0.25) is 5.02 Å². The first-order chi connectivity index (χ1) is 8.13. The van der Waals surface area contributed by atoms with Crippen molar-refractivity contribution in [1.29, 1.82) is 0 Å². The Morgan fingerprint density at radius 3 is 2.35 bits per heavy atom. The zero-order valence-electron chi connectivity index (χ0n) is 8.80. The van der Waals surface area contributed by atoms with Gasteiger partial charge in [0.2, 0.25) is 0 Å². The summed E-state index contributed by atoms with van der Waals surface area (Å²) >= 11 is 11.1. The predicted octanol–water partition coefficient (Wildman–Crippen LogP) is 1.52. The molecule has 92 valence electrons. The molecule has 5 nitrogen and oxygen atoms in total. The van der Waals surface area contributed by atoms with Crippen molar-refractivity contribution in [3.05, 3.63) is 34.9 Å². The maximum Gasteiger partial charge on any atom is 0.333 e. The second-order valence-electron chi connectivity index (χ2n) is 3.03. The number of urea groups is 1. The monoisotopic (exact) mass is 275 g/mol. The largest absolute Gasteiger partial charge is 0.336 e. The molecule has 0 aliphatic heterocycles. The Kier molecular flexibility index (Phi) is 5.59. The van der Waals surface area contributed by atoms with Crippen molar-refractivity contribution in [3.8, 4) is 0 Å². The highest BCUT2D eigenvalue weighted by Gasteiger charge is 2.06. The van der Waals surface area contributed by atoms with E-state index in [1.54, 1.807) is 24.3 Å². The van der Waals surface area contributed by atoms with Crippen LogP contribution in [0, 0.1) is 0 Å². The Balaban J connectivity index is 2.39. The number of hydrogen-bond acceptors (Lipinski definition) is 2. The second kappa shape index (κ2) is 6.98. The SMILES string of the molecule is O=C(NCCCl)NNC(=O)c1ccc(Cl)cc1. The van der Waals surface area contributed by atoms with Crippen LogP contribution in [0.5, 0.6) is 0 Å². The molecule has 0 atom stereocenters. The van der Waals surface area contributed by atoms with Crippen LogP contribution in [0.25, 0.3) is 0 Å². The number of halogens is 2. The molecule has 0 heterocycles. The molecule has 1 aromatic rings. The van der Waals surface area contributed by atoms with Crippen molar-refractivity contribution in [2.24, 2.45) is 0 Å². The summed E-state index contributed by atoms with van der Waals surface area (Å²) in [6.07, 6.45) is 0. The Hall–Kier alpha value is -1.46. The summed E-state index contributed by atoms with van der Waals surface area (Å²) in [5.41, 5.74) is 4.82. The third-order valence-corrected chi connectivity index (χ3v) is 2.22. The molecule has 1 rings (SSSR count). The molecule has 0 bridgehead atoms. The molecule has 1 aromatic carbocycles. The van der Waals surface area contributed by atoms with E-state index in [1.807, 2.05) is 0 Å². The van der Waals surface area contributed by atoms with Crippen molar-refractivity contribution < 1.29 is 9.59 Å². The van der Waals surface area contributed by atoms with Gasteiger partial charge in [-0.15, -0.1) is 11.6 Å². The topological polar surface area (TPSA) is 70.2 Å². The summed E-state index contributed by atoms with van der Waals surface area (Å²) in [6.45, 7) is 0.324. The van der Waals surface area contributed by atoms with E-state index in [9.17, 15) is 9.59 Å².